The van der Waals surface area contributed by atoms with Crippen LogP contribution in [0.1, 0.15) is 40.8 Å². The molecule has 1 aliphatic rings. The summed E-state index contributed by atoms with van der Waals surface area (Å²) in [5.41, 5.74) is 3.87. The van der Waals surface area contributed by atoms with Gasteiger partial charge >= 0.3 is 0 Å². The van der Waals surface area contributed by atoms with Crippen molar-refractivity contribution in [3.05, 3.63) is 40.7 Å². The van der Waals surface area contributed by atoms with Crippen LogP contribution in [0.3, 0.4) is 0 Å². The second-order valence-electron chi connectivity index (χ2n) is 5.97. The molecular formula is C16H21N5O. The van der Waals surface area contributed by atoms with E-state index in [1.807, 2.05) is 31.7 Å². The molecule has 3 heterocycles. The molecule has 1 atom stereocenters. The maximum atomic E-state index is 12.5. The van der Waals surface area contributed by atoms with Gasteiger partial charge in [-0.05, 0) is 33.3 Å². The van der Waals surface area contributed by atoms with Crippen LogP contribution >= 0.6 is 0 Å². The number of nitrogens with zero attached hydrogens (tertiary/aromatic N) is 4. The van der Waals surface area contributed by atoms with Gasteiger partial charge in [0.2, 0.25) is 5.91 Å². The number of rotatable bonds is 3. The van der Waals surface area contributed by atoms with Gasteiger partial charge in [0.15, 0.2) is 0 Å². The Labute approximate surface area is 130 Å². The minimum atomic E-state index is 0.155. The Balaban J connectivity index is 1.66. The molecule has 2 aromatic heterocycles. The Kier molecular flexibility index (Phi) is 3.92. The molecule has 0 aromatic carbocycles. The summed E-state index contributed by atoms with van der Waals surface area (Å²) in [5, 5.41) is 7.09. The molecule has 3 rings (SSSR count). The molecule has 22 heavy (non-hydrogen) atoms. The summed E-state index contributed by atoms with van der Waals surface area (Å²) in [6, 6.07) is 1.89. The molecule has 2 aromatic rings. The van der Waals surface area contributed by atoms with Crippen molar-refractivity contribution >= 4 is 5.91 Å². The lowest BCUT2D eigenvalue weighted by Crippen LogP contribution is -2.30. The van der Waals surface area contributed by atoms with Crippen molar-refractivity contribution in [3.63, 3.8) is 0 Å². The molecule has 1 fully saturated rings. The van der Waals surface area contributed by atoms with Crippen LogP contribution in [0.4, 0.5) is 0 Å². The molecule has 0 bridgehead atoms. The Morgan fingerprint density at radius 3 is 2.91 bits per heavy atom. The van der Waals surface area contributed by atoms with E-state index in [0.29, 0.717) is 13.0 Å². The van der Waals surface area contributed by atoms with Gasteiger partial charge in [0, 0.05) is 42.2 Å². The zero-order valence-corrected chi connectivity index (χ0v) is 13.3. The Hall–Kier alpha value is -2.24. The van der Waals surface area contributed by atoms with Crippen molar-refractivity contribution in [1.29, 1.82) is 0 Å². The summed E-state index contributed by atoms with van der Waals surface area (Å²) in [6.45, 7) is 7.33. The van der Waals surface area contributed by atoms with Gasteiger partial charge in [-0.15, -0.1) is 0 Å². The first-order valence-electron chi connectivity index (χ1n) is 7.62. The fourth-order valence-corrected chi connectivity index (χ4v) is 2.96. The Morgan fingerprint density at radius 2 is 2.23 bits per heavy atom. The number of nitrogens with one attached hydrogen (secondary N) is 1. The molecule has 6 nitrogen and oxygen atoms in total. The summed E-state index contributed by atoms with van der Waals surface area (Å²) in [7, 11) is 0. The largest absolute Gasteiger partial charge is 0.342 e. The number of aromatic amines is 1. The van der Waals surface area contributed by atoms with Gasteiger partial charge in [0.25, 0.3) is 0 Å². The highest BCUT2D eigenvalue weighted by atomic mass is 16.2. The second kappa shape index (κ2) is 5.87. The predicted molar refractivity (Wildman–Crippen MR) is 82.5 cm³/mol. The van der Waals surface area contributed by atoms with E-state index in [1.165, 1.54) is 0 Å². The number of carbonyl (C=O) groups excluding carboxylic acids is 1. The monoisotopic (exact) mass is 299 g/mol. The first-order chi connectivity index (χ1) is 10.5. The van der Waals surface area contributed by atoms with Gasteiger partial charge in [-0.25, -0.2) is 9.97 Å². The zero-order valence-electron chi connectivity index (χ0n) is 13.3. The third kappa shape index (κ3) is 2.86. The van der Waals surface area contributed by atoms with E-state index >= 15 is 0 Å². The van der Waals surface area contributed by atoms with Crippen LogP contribution in [0.5, 0.6) is 0 Å². The molecule has 0 aliphatic carbocycles. The lowest BCUT2D eigenvalue weighted by molar-refractivity contribution is -0.129. The maximum absolute atomic E-state index is 12.5. The average molecular weight is 299 g/mol. The van der Waals surface area contributed by atoms with Gasteiger partial charge in [-0.2, -0.15) is 5.10 Å². The summed E-state index contributed by atoms with van der Waals surface area (Å²) in [6.07, 6.45) is 3.13. The Bertz CT molecular complexity index is 674. The van der Waals surface area contributed by atoms with Crippen molar-refractivity contribution in [3.8, 4) is 0 Å². The lowest BCUT2D eigenvalue weighted by Gasteiger charge is -2.16. The first-order valence-corrected chi connectivity index (χ1v) is 7.62. The van der Waals surface area contributed by atoms with Crippen LogP contribution < -0.4 is 0 Å². The van der Waals surface area contributed by atoms with Crippen molar-refractivity contribution in [2.45, 2.75) is 39.5 Å². The lowest BCUT2D eigenvalue weighted by atomic mass is 10.1. The molecule has 1 N–H and O–H groups in total. The quantitative estimate of drug-likeness (QED) is 0.935. The minimum Gasteiger partial charge on any atom is -0.342 e. The summed E-state index contributed by atoms with van der Waals surface area (Å²) >= 11 is 0. The minimum absolute atomic E-state index is 0.155. The van der Waals surface area contributed by atoms with Crippen LogP contribution in [0, 0.1) is 20.8 Å². The number of hydrogen-bond acceptors (Lipinski definition) is 4. The van der Waals surface area contributed by atoms with Crippen LogP contribution in [0.2, 0.25) is 0 Å². The van der Waals surface area contributed by atoms with E-state index in [2.05, 4.69) is 20.2 Å². The van der Waals surface area contributed by atoms with Crippen LogP contribution in [-0.2, 0) is 11.2 Å². The molecule has 0 spiro atoms. The van der Waals surface area contributed by atoms with E-state index in [4.69, 9.17) is 0 Å². The topological polar surface area (TPSA) is 74.8 Å². The smallest absolute Gasteiger partial charge is 0.227 e. The van der Waals surface area contributed by atoms with Gasteiger partial charge in [0.05, 0.1) is 12.1 Å². The normalized spacial score (nSPS) is 18.0. The van der Waals surface area contributed by atoms with Gasteiger partial charge in [0.1, 0.15) is 5.82 Å². The molecule has 0 saturated carbocycles. The van der Waals surface area contributed by atoms with E-state index in [1.54, 1.807) is 6.20 Å². The van der Waals surface area contributed by atoms with E-state index < -0.39 is 0 Å². The molecule has 116 valence electrons. The van der Waals surface area contributed by atoms with Crippen molar-refractivity contribution < 1.29 is 4.79 Å². The van der Waals surface area contributed by atoms with Crippen molar-refractivity contribution in [2.75, 3.05) is 13.1 Å². The molecule has 1 aliphatic heterocycles. The summed E-state index contributed by atoms with van der Waals surface area (Å²) < 4.78 is 0. The van der Waals surface area contributed by atoms with Gasteiger partial charge < -0.3 is 4.90 Å². The summed E-state index contributed by atoms with van der Waals surface area (Å²) in [5.74, 6) is 1.25. The highest BCUT2D eigenvalue weighted by molar-refractivity contribution is 5.79. The highest BCUT2D eigenvalue weighted by Crippen LogP contribution is 2.25. The van der Waals surface area contributed by atoms with Crippen molar-refractivity contribution in [1.82, 2.24) is 25.1 Å². The van der Waals surface area contributed by atoms with Gasteiger partial charge in [-0.1, -0.05) is 0 Å². The standard InChI is InChI=1S/C16H21N5O/c1-10-4-6-17-16(18-10)13-5-7-21(9-13)15(22)8-14-11(2)19-20-12(14)3/h4,6,13H,5,7-9H2,1-3H3,(H,19,20)/t13-/m0/s1. The third-order valence-corrected chi connectivity index (χ3v) is 4.33. The molecule has 0 unspecified atom stereocenters. The second-order valence-corrected chi connectivity index (χ2v) is 5.97. The number of carbonyl (C=O) groups is 1. The highest BCUT2D eigenvalue weighted by Gasteiger charge is 2.29. The van der Waals surface area contributed by atoms with Crippen molar-refractivity contribution in [2.24, 2.45) is 0 Å². The molecule has 6 heteroatoms. The summed E-state index contributed by atoms with van der Waals surface area (Å²) in [4.78, 5) is 23.3. The number of aryl methyl sites for hydroxylation is 3. The fraction of sp³-hybridized carbons (Fsp3) is 0.500. The fourth-order valence-electron chi connectivity index (χ4n) is 2.96. The number of hydrogen-bond donors (Lipinski definition) is 1. The average Bonchev–Trinajstić information content (AvgIpc) is 3.10. The number of aromatic nitrogens is 4. The Morgan fingerprint density at radius 1 is 1.41 bits per heavy atom. The maximum Gasteiger partial charge on any atom is 0.227 e. The SMILES string of the molecule is Cc1ccnc([C@H]2CCN(C(=O)Cc3c(C)n[nH]c3C)C2)n1. The van der Waals surface area contributed by atoms with E-state index in [9.17, 15) is 4.79 Å². The zero-order chi connectivity index (χ0) is 15.7. The molecule has 1 amide bonds. The predicted octanol–water partition coefficient (Wildman–Crippen LogP) is 1.68. The molecule has 1 saturated heterocycles. The van der Waals surface area contributed by atoms with Crippen LogP contribution in [0.15, 0.2) is 12.3 Å². The first kappa shape index (κ1) is 14.7. The van der Waals surface area contributed by atoms with E-state index in [0.717, 1.165) is 41.4 Å². The van der Waals surface area contributed by atoms with Crippen LogP contribution in [0.25, 0.3) is 0 Å². The number of H-pyrrole nitrogens is 1. The van der Waals surface area contributed by atoms with E-state index in [-0.39, 0.29) is 11.8 Å². The number of likely N-dealkylation sites (tertiary alicyclic amines) is 1. The molecular weight excluding hydrogens is 278 g/mol. The molecule has 0 radical (unpaired) electrons. The van der Waals surface area contributed by atoms with Crippen LogP contribution in [-0.4, -0.2) is 44.1 Å². The third-order valence-electron chi connectivity index (χ3n) is 4.33. The van der Waals surface area contributed by atoms with Gasteiger partial charge in [-0.3, -0.25) is 9.89 Å². The number of amides is 1.